The second-order valence-electron chi connectivity index (χ2n) is 6.91. The lowest BCUT2D eigenvalue weighted by Gasteiger charge is -2.30. The van der Waals surface area contributed by atoms with Gasteiger partial charge in [0.2, 0.25) is 11.8 Å². The Morgan fingerprint density at radius 3 is 2.36 bits per heavy atom. The predicted octanol–water partition coefficient (Wildman–Crippen LogP) is 4.87. The first-order valence-corrected chi connectivity index (χ1v) is 10.1. The summed E-state index contributed by atoms with van der Waals surface area (Å²) in [6.07, 6.45) is 0.926. The van der Waals surface area contributed by atoms with Gasteiger partial charge in [0.1, 0.15) is 6.04 Å². The molecule has 4 nitrogen and oxygen atoms in total. The molecule has 28 heavy (non-hydrogen) atoms. The van der Waals surface area contributed by atoms with Gasteiger partial charge in [-0.25, -0.2) is 0 Å². The molecule has 150 valence electrons. The molecule has 0 saturated carbocycles. The molecule has 0 aromatic heterocycles. The van der Waals surface area contributed by atoms with Gasteiger partial charge in [-0.2, -0.15) is 0 Å². The summed E-state index contributed by atoms with van der Waals surface area (Å²) in [5, 5.41) is 3.92. The summed E-state index contributed by atoms with van der Waals surface area (Å²) >= 11 is 12.2. The first-order valence-electron chi connectivity index (χ1n) is 9.39. The van der Waals surface area contributed by atoms with Crippen molar-refractivity contribution in [1.82, 2.24) is 10.2 Å². The molecule has 0 unspecified atom stereocenters. The average Bonchev–Trinajstić information content (AvgIpc) is 2.68. The van der Waals surface area contributed by atoms with Gasteiger partial charge in [0.25, 0.3) is 0 Å². The van der Waals surface area contributed by atoms with Crippen molar-refractivity contribution in [2.75, 3.05) is 0 Å². The number of nitrogens with one attached hydrogen (secondary N) is 1. The molecule has 0 aliphatic carbocycles. The van der Waals surface area contributed by atoms with Crippen LogP contribution in [0.1, 0.15) is 38.3 Å². The Hall–Kier alpha value is -2.04. The average molecular weight is 421 g/mol. The maximum Gasteiger partial charge on any atom is 0.242 e. The minimum Gasteiger partial charge on any atom is -0.352 e. The normalized spacial score (nSPS) is 12.9. The molecule has 0 aliphatic rings. The highest BCUT2D eigenvalue weighted by Crippen LogP contribution is 2.22. The highest BCUT2D eigenvalue weighted by atomic mass is 35.5. The van der Waals surface area contributed by atoms with Crippen molar-refractivity contribution in [3.8, 4) is 0 Å². The number of amides is 2. The van der Waals surface area contributed by atoms with Crippen LogP contribution < -0.4 is 5.32 Å². The molecule has 6 heteroatoms. The summed E-state index contributed by atoms with van der Waals surface area (Å²) in [7, 11) is 0. The largest absolute Gasteiger partial charge is 0.352 e. The maximum absolute atomic E-state index is 13.1. The van der Waals surface area contributed by atoms with E-state index in [0.29, 0.717) is 22.2 Å². The van der Waals surface area contributed by atoms with Crippen molar-refractivity contribution in [2.45, 2.75) is 52.2 Å². The van der Waals surface area contributed by atoms with Crippen molar-refractivity contribution < 1.29 is 9.59 Å². The zero-order valence-electron chi connectivity index (χ0n) is 16.4. The summed E-state index contributed by atoms with van der Waals surface area (Å²) in [6.45, 7) is 6.05. The zero-order valence-corrected chi connectivity index (χ0v) is 17.9. The number of carbonyl (C=O) groups is 2. The minimum atomic E-state index is -0.604. The Kier molecular flexibility index (Phi) is 8.34. The molecule has 0 saturated heterocycles. The molecular formula is C22H26Cl2N2O2. The molecule has 0 heterocycles. The van der Waals surface area contributed by atoms with Crippen LogP contribution in [0.2, 0.25) is 10.0 Å². The molecule has 2 aromatic rings. The van der Waals surface area contributed by atoms with E-state index in [0.717, 1.165) is 12.0 Å². The maximum atomic E-state index is 13.1. The molecule has 0 aliphatic heterocycles. The van der Waals surface area contributed by atoms with E-state index in [-0.39, 0.29) is 24.3 Å². The first-order chi connectivity index (χ1) is 13.3. The third-order valence-corrected chi connectivity index (χ3v) is 5.31. The standard InChI is InChI=1S/C22H26Cl2N2O2/c1-4-15(2)25-22(28)16(3)26(14-17-8-6-5-7-9-17)21(27)12-18-10-11-19(23)13-20(18)24/h5-11,13,15-16H,4,12,14H2,1-3H3,(H,25,28)/t15-,16+/m0/s1. The van der Waals surface area contributed by atoms with Crippen molar-refractivity contribution in [1.29, 1.82) is 0 Å². The Bertz CT molecular complexity index is 811. The second-order valence-corrected chi connectivity index (χ2v) is 7.76. The van der Waals surface area contributed by atoms with Crippen LogP contribution in [-0.2, 0) is 22.6 Å². The summed E-state index contributed by atoms with van der Waals surface area (Å²) in [5.74, 6) is -0.333. The Morgan fingerprint density at radius 1 is 1.07 bits per heavy atom. The van der Waals surface area contributed by atoms with Gasteiger partial charge < -0.3 is 10.2 Å². The Balaban J connectivity index is 2.23. The SMILES string of the molecule is CC[C@H](C)NC(=O)[C@@H](C)N(Cc1ccccc1)C(=O)Cc1ccc(Cl)cc1Cl. The van der Waals surface area contributed by atoms with Crippen LogP contribution in [-0.4, -0.2) is 28.8 Å². The summed E-state index contributed by atoms with van der Waals surface area (Å²) in [6, 6.07) is 14.1. The molecule has 2 amide bonds. The quantitative estimate of drug-likeness (QED) is 0.661. The molecule has 0 radical (unpaired) electrons. The van der Waals surface area contributed by atoms with Gasteiger partial charge >= 0.3 is 0 Å². The third-order valence-electron chi connectivity index (χ3n) is 4.72. The molecule has 2 rings (SSSR count). The molecular weight excluding hydrogens is 395 g/mol. The minimum absolute atomic E-state index is 0.0503. The molecule has 2 atom stereocenters. The monoisotopic (exact) mass is 420 g/mol. The summed E-state index contributed by atoms with van der Waals surface area (Å²) in [4.78, 5) is 27.4. The highest BCUT2D eigenvalue weighted by molar-refractivity contribution is 6.35. The van der Waals surface area contributed by atoms with Gasteiger partial charge in [0.05, 0.1) is 6.42 Å². The van der Waals surface area contributed by atoms with Crippen molar-refractivity contribution in [3.05, 3.63) is 69.7 Å². The van der Waals surface area contributed by atoms with Crippen molar-refractivity contribution in [2.24, 2.45) is 0 Å². The van der Waals surface area contributed by atoms with E-state index < -0.39 is 6.04 Å². The number of rotatable bonds is 8. The van der Waals surface area contributed by atoms with E-state index in [1.165, 1.54) is 0 Å². The number of benzene rings is 2. The van der Waals surface area contributed by atoms with Crippen LogP contribution in [0.15, 0.2) is 48.5 Å². The van der Waals surface area contributed by atoms with E-state index >= 15 is 0 Å². The predicted molar refractivity (Wildman–Crippen MR) is 115 cm³/mol. The van der Waals surface area contributed by atoms with E-state index in [4.69, 9.17) is 23.2 Å². The van der Waals surface area contributed by atoms with Gasteiger partial charge in [-0.3, -0.25) is 9.59 Å². The molecule has 2 aromatic carbocycles. The van der Waals surface area contributed by atoms with E-state index in [9.17, 15) is 9.59 Å². The fourth-order valence-electron chi connectivity index (χ4n) is 2.76. The van der Waals surface area contributed by atoms with Crippen LogP contribution >= 0.6 is 23.2 Å². The number of hydrogen-bond donors (Lipinski definition) is 1. The fourth-order valence-corrected chi connectivity index (χ4v) is 3.23. The topological polar surface area (TPSA) is 49.4 Å². The highest BCUT2D eigenvalue weighted by Gasteiger charge is 2.27. The number of carbonyl (C=O) groups excluding carboxylic acids is 2. The number of nitrogens with zero attached hydrogens (tertiary/aromatic N) is 1. The van der Waals surface area contributed by atoms with Crippen molar-refractivity contribution in [3.63, 3.8) is 0 Å². The first kappa shape index (κ1) is 22.3. The van der Waals surface area contributed by atoms with Crippen LogP contribution in [0.4, 0.5) is 0 Å². The lowest BCUT2D eigenvalue weighted by molar-refractivity contribution is -0.140. The third kappa shape index (κ3) is 6.25. The number of halogens is 2. The van der Waals surface area contributed by atoms with Gasteiger partial charge in [-0.05, 0) is 43.5 Å². The Morgan fingerprint density at radius 2 is 1.75 bits per heavy atom. The van der Waals surface area contributed by atoms with Gasteiger partial charge in [-0.1, -0.05) is 66.5 Å². The molecule has 1 N–H and O–H groups in total. The van der Waals surface area contributed by atoms with Crippen LogP contribution in [0.3, 0.4) is 0 Å². The zero-order chi connectivity index (χ0) is 20.7. The fraction of sp³-hybridized carbons (Fsp3) is 0.364. The smallest absolute Gasteiger partial charge is 0.242 e. The van der Waals surface area contributed by atoms with E-state index in [1.807, 2.05) is 44.2 Å². The lowest BCUT2D eigenvalue weighted by atomic mass is 10.1. The molecule has 0 fully saturated rings. The van der Waals surface area contributed by atoms with Crippen LogP contribution in [0.5, 0.6) is 0 Å². The number of hydrogen-bond acceptors (Lipinski definition) is 2. The van der Waals surface area contributed by atoms with Crippen LogP contribution in [0.25, 0.3) is 0 Å². The van der Waals surface area contributed by atoms with E-state index in [2.05, 4.69) is 5.32 Å². The van der Waals surface area contributed by atoms with Gasteiger partial charge in [0, 0.05) is 22.6 Å². The van der Waals surface area contributed by atoms with Crippen molar-refractivity contribution >= 4 is 35.0 Å². The Labute approximate surface area is 176 Å². The van der Waals surface area contributed by atoms with Gasteiger partial charge in [0.15, 0.2) is 0 Å². The lowest BCUT2D eigenvalue weighted by Crippen LogP contribution is -2.49. The molecule has 0 spiro atoms. The second kappa shape index (κ2) is 10.5. The van der Waals surface area contributed by atoms with Crippen LogP contribution in [0, 0.1) is 0 Å². The summed E-state index contributed by atoms with van der Waals surface area (Å²) in [5.41, 5.74) is 1.64. The van der Waals surface area contributed by atoms with E-state index in [1.54, 1.807) is 30.0 Å². The molecule has 0 bridgehead atoms. The summed E-state index contributed by atoms with van der Waals surface area (Å²) < 4.78 is 0. The van der Waals surface area contributed by atoms with Gasteiger partial charge in [-0.15, -0.1) is 0 Å².